The number of ether oxygens (including phenoxy) is 1. The van der Waals surface area contributed by atoms with E-state index in [-0.39, 0.29) is 18.1 Å². The van der Waals surface area contributed by atoms with E-state index in [0.717, 1.165) is 43.5 Å². The lowest BCUT2D eigenvalue weighted by atomic mass is 9.82. The van der Waals surface area contributed by atoms with Crippen LogP contribution < -0.4 is 15.0 Å². The van der Waals surface area contributed by atoms with Crippen molar-refractivity contribution in [1.29, 1.82) is 0 Å². The molecule has 1 aromatic heterocycles. The van der Waals surface area contributed by atoms with Crippen molar-refractivity contribution in [2.75, 3.05) is 31.1 Å². The maximum Gasteiger partial charge on any atom is 0.316 e. The summed E-state index contributed by atoms with van der Waals surface area (Å²) < 4.78 is 5.90. The Morgan fingerprint density at radius 1 is 1.33 bits per heavy atom. The molecule has 176 valence electrons. The SMILES string of the molecule is CCCOc1cccc(O)c1-c1cc(C2CCCNC2)c2c(n1)N(CC)C(=O)C(C(=O)O)C2. The highest BCUT2D eigenvalue weighted by Gasteiger charge is 2.40. The van der Waals surface area contributed by atoms with Gasteiger partial charge in [-0.3, -0.25) is 14.5 Å². The Bertz CT molecular complexity index is 1050. The second-order valence-electron chi connectivity index (χ2n) is 8.62. The van der Waals surface area contributed by atoms with Crippen LogP contribution in [0.15, 0.2) is 24.3 Å². The van der Waals surface area contributed by atoms with E-state index in [4.69, 9.17) is 9.72 Å². The molecule has 3 heterocycles. The molecule has 1 amide bonds. The normalized spacial score (nSPS) is 20.4. The number of hydrogen-bond donors (Lipinski definition) is 3. The molecule has 1 aromatic carbocycles. The Morgan fingerprint density at radius 2 is 2.15 bits per heavy atom. The Labute approximate surface area is 193 Å². The summed E-state index contributed by atoms with van der Waals surface area (Å²) in [5, 5.41) is 23.9. The van der Waals surface area contributed by atoms with Crippen LogP contribution in [-0.2, 0) is 16.0 Å². The number of piperidine rings is 1. The molecule has 0 saturated carbocycles. The summed E-state index contributed by atoms with van der Waals surface area (Å²) in [5.41, 5.74) is 2.82. The zero-order valence-corrected chi connectivity index (χ0v) is 19.1. The van der Waals surface area contributed by atoms with Crippen molar-refractivity contribution in [2.45, 2.75) is 45.4 Å². The molecule has 2 unspecified atom stereocenters. The van der Waals surface area contributed by atoms with E-state index in [1.165, 1.54) is 4.90 Å². The number of aromatic hydroxyl groups is 1. The first-order chi connectivity index (χ1) is 16.0. The van der Waals surface area contributed by atoms with E-state index >= 15 is 0 Å². The molecule has 8 heteroatoms. The number of rotatable bonds is 7. The van der Waals surface area contributed by atoms with E-state index < -0.39 is 17.8 Å². The number of pyridine rings is 1. The molecule has 0 aliphatic carbocycles. The molecule has 0 spiro atoms. The van der Waals surface area contributed by atoms with Crippen LogP contribution in [0.2, 0.25) is 0 Å². The number of aliphatic carboxylic acids is 1. The predicted octanol–water partition coefficient (Wildman–Crippen LogP) is 3.32. The second kappa shape index (κ2) is 9.79. The molecule has 0 radical (unpaired) electrons. The van der Waals surface area contributed by atoms with Gasteiger partial charge in [0, 0.05) is 18.7 Å². The van der Waals surface area contributed by atoms with Crippen molar-refractivity contribution in [3.05, 3.63) is 35.4 Å². The van der Waals surface area contributed by atoms with Crippen molar-refractivity contribution in [3.63, 3.8) is 0 Å². The minimum atomic E-state index is -1.12. The Balaban J connectivity index is 1.93. The molecule has 2 aliphatic heterocycles. The van der Waals surface area contributed by atoms with Gasteiger partial charge >= 0.3 is 5.97 Å². The minimum Gasteiger partial charge on any atom is -0.507 e. The maximum absolute atomic E-state index is 13.0. The number of amides is 1. The predicted molar refractivity (Wildman–Crippen MR) is 125 cm³/mol. The van der Waals surface area contributed by atoms with Crippen molar-refractivity contribution >= 4 is 17.7 Å². The van der Waals surface area contributed by atoms with Gasteiger partial charge in [0.2, 0.25) is 5.91 Å². The number of aromatic nitrogens is 1. The summed E-state index contributed by atoms with van der Waals surface area (Å²) in [7, 11) is 0. The summed E-state index contributed by atoms with van der Waals surface area (Å²) >= 11 is 0. The van der Waals surface area contributed by atoms with Crippen LogP contribution in [0, 0.1) is 5.92 Å². The van der Waals surface area contributed by atoms with Crippen LogP contribution in [0.3, 0.4) is 0 Å². The number of nitrogens with zero attached hydrogens (tertiary/aromatic N) is 2. The summed E-state index contributed by atoms with van der Waals surface area (Å²) in [5.74, 6) is -1.44. The van der Waals surface area contributed by atoms with E-state index in [0.29, 0.717) is 36.0 Å². The average Bonchev–Trinajstić information content (AvgIpc) is 2.82. The number of carboxylic acid groups (broad SMARTS) is 1. The first-order valence-corrected chi connectivity index (χ1v) is 11.7. The van der Waals surface area contributed by atoms with Crippen molar-refractivity contribution < 1.29 is 24.5 Å². The number of phenolic OH excluding ortho intramolecular Hbond substituents is 1. The fraction of sp³-hybridized carbons (Fsp3) is 0.480. The van der Waals surface area contributed by atoms with Gasteiger partial charge in [0.25, 0.3) is 0 Å². The molecule has 1 fully saturated rings. The van der Waals surface area contributed by atoms with Gasteiger partial charge in [0.05, 0.1) is 17.9 Å². The van der Waals surface area contributed by atoms with Gasteiger partial charge < -0.3 is 20.3 Å². The standard InChI is InChI=1S/C25H31N3O5/c1-3-11-33-21-9-5-8-20(29)22(21)19-13-16(15-7-6-10-26-14-15)17-12-18(25(31)32)24(30)28(4-2)23(17)27-19/h5,8-9,13,15,18,26,29H,3-4,6-7,10-12,14H2,1-2H3,(H,31,32). The average molecular weight is 454 g/mol. The van der Waals surface area contributed by atoms with Gasteiger partial charge in [-0.25, -0.2) is 4.98 Å². The number of nitrogens with one attached hydrogen (secondary N) is 1. The zero-order chi connectivity index (χ0) is 23.5. The molecule has 3 N–H and O–H groups in total. The van der Waals surface area contributed by atoms with Gasteiger partial charge in [0.15, 0.2) is 0 Å². The number of carbonyl (C=O) groups is 2. The zero-order valence-electron chi connectivity index (χ0n) is 19.1. The summed E-state index contributed by atoms with van der Waals surface area (Å²) in [6.45, 7) is 6.36. The van der Waals surface area contributed by atoms with Gasteiger partial charge in [-0.1, -0.05) is 13.0 Å². The van der Waals surface area contributed by atoms with E-state index in [9.17, 15) is 19.8 Å². The summed E-state index contributed by atoms with van der Waals surface area (Å²) in [4.78, 5) is 31.1. The first kappa shape index (κ1) is 23.0. The third-order valence-corrected chi connectivity index (χ3v) is 6.44. The lowest BCUT2D eigenvalue weighted by Crippen LogP contribution is -2.45. The topological polar surface area (TPSA) is 112 Å². The highest BCUT2D eigenvalue weighted by atomic mass is 16.5. The minimum absolute atomic E-state index is 0.0531. The summed E-state index contributed by atoms with van der Waals surface area (Å²) in [6, 6.07) is 7.08. The Hall–Kier alpha value is -3.13. The van der Waals surface area contributed by atoms with Gasteiger partial charge in [-0.15, -0.1) is 0 Å². The number of carboxylic acids is 1. The molecule has 2 aromatic rings. The molecule has 1 saturated heterocycles. The number of benzene rings is 1. The van der Waals surface area contributed by atoms with Gasteiger partial charge in [-0.05, 0) is 68.8 Å². The fourth-order valence-electron chi connectivity index (χ4n) is 4.81. The van der Waals surface area contributed by atoms with E-state index in [2.05, 4.69) is 5.32 Å². The van der Waals surface area contributed by atoms with Crippen molar-refractivity contribution in [3.8, 4) is 22.8 Å². The first-order valence-electron chi connectivity index (χ1n) is 11.7. The van der Waals surface area contributed by atoms with Crippen LogP contribution in [0.1, 0.15) is 50.2 Å². The second-order valence-corrected chi connectivity index (χ2v) is 8.62. The quantitative estimate of drug-likeness (QED) is 0.551. The number of fused-ring (bicyclic) bond motifs is 1. The third-order valence-electron chi connectivity index (χ3n) is 6.44. The number of phenols is 1. The smallest absolute Gasteiger partial charge is 0.316 e. The third kappa shape index (κ3) is 4.39. The number of anilines is 1. The maximum atomic E-state index is 13.0. The molecule has 0 bridgehead atoms. The monoisotopic (exact) mass is 453 g/mol. The fourth-order valence-corrected chi connectivity index (χ4v) is 4.81. The lowest BCUT2D eigenvalue weighted by molar-refractivity contribution is -0.146. The lowest BCUT2D eigenvalue weighted by Gasteiger charge is -2.35. The largest absolute Gasteiger partial charge is 0.507 e. The molecule has 2 aliphatic rings. The molecule has 4 rings (SSSR count). The van der Waals surface area contributed by atoms with E-state index in [1.54, 1.807) is 18.2 Å². The number of hydrogen-bond acceptors (Lipinski definition) is 6. The molecule has 33 heavy (non-hydrogen) atoms. The van der Waals surface area contributed by atoms with Crippen LogP contribution >= 0.6 is 0 Å². The van der Waals surface area contributed by atoms with Crippen LogP contribution in [0.5, 0.6) is 11.5 Å². The molecular formula is C25H31N3O5. The molecule has 8 nitrogen and oxygen atoms in total. The Morgan fingerprint density at radius 3 is 2.82 bits per heavy atom. The Kier molecular flexibility index (Phi) is 6.83. The van der Waals surface area contributed by atoms with Crippen molar-refractivity contribution in [1.82, 2.24) is 10.3 Å². The van der Waals surface area contributed by atoms with Crippen molar-refractivity contribution in [2.24, 2.45) is 5.92 Å². The highest BCUT2D eigenvalue weighted by Crippen LogP contribution is 2.43. The number of carbonyl (C=O) groups excluding carboxylic acids is 1. The van der Waals surface area contributed by atoms with Gasteiger partial charge in [0.1, 0.15) is 23.2 Å². The van der Waals surface area contributed by atoms with E-state index in [1.807, 2.05) is 19.9 Å². The molecule has 2 atom stereocenters. The van der Waals surface area contributed by atoms with Gasteiger partial charge in [-0.2, -0.15) is 0 Å². The van der Waals surface area contributed by atoms with Crippen LogP contribution in [0.4, 0.5) is 5.82 Å². The summed E-state index contributed by atoms with van der Waals surface area (Å²) in [6.07, 6.45) is 2.91. The van der Waals surface area contributed by atoms with Crippen LogP contribution in [-0.4, -0.2) is 53.3 Å². The highest BCUT2D eigenvalue weighted by molar-refractivity contribution is 6.07. The van der Waals surface area contributed by atoms with Crippen LogP contribution in [0.25, 0.3) is 11.3 Å². The molecular weight excluding hydrogens is 422 g/mol.